The molecule has 0 radical (unpaired) electrons. The normalized spacial score (nSPS) is 14.0. The van der Waals surface area contributed by atoms with Crippen molar-refractivity contribution in [2.24, 2.45) is 0 Å². The van der Waals surface area contributed by atoms with Gasteiger partial charge in [0, 0.05) is 6.42 Å². The van der Waals surface area contributed by atoms with Gasteiger partial charge in [-0.25, -0.2) is 8.42 Å². The fourth-order valence-electron chi connectivity index (χ4n) is 1.62. The fourth-order valence-corrected chi connectivity index (χ4v) is 3.47. The summed E-state index contributed by atoms with van der Waals surface area (Å²) >= 11 is 0. The molecule has 0 aliphatic rings. The third-order valence-electron chi connectivity index (χ3n) is 2.79. The van der Waals surface area contributed by atoms with Crippen LogP contribution in [0.25, 0.3) is 0 Å². The van der Waals surface area contributed by atoms with Gasteiger partial charge in [-0.15, -0.1) is 11.5 Å². The Balaban J connectivity index is 3.01. The number of nitrogens with one attached hydrogen (secondary N) is 1. The Bertz CT molecular complexity index is 695. The molecule has 0 spiro atoms. The van der Waals surface area contributed by atoms with E-state index < -0.39 is 36.7 Å². The van der Waals surface area contributed by atoms with E-state index in [1.165, 1.54) is 24.3 Å². The van der Waals surface area contributed by atoms with Crippen molar-refractivity contribution in [2.45, 2.75) is 50.1 Å². The Labute approximate surface area is 136 Å². The van der Waals surface area contributed by atoms with Gasteiger partial charge in [0.25, 0.3) is 0 Å². The van der Waals surface area contributed by atoms with Crippen molar-refractivity contribution in [2.75, 3.05) is 0 Å². The topological polar surface area (TPSA) is 46.2 Å². The van der Waals surface area contributed by atoms with Gasteiger partial charge in [-0.05, 0) is 19.1 Å². The van der Waals surface area contributed by atoms with E-state index in [1.54, 1.807) is 11.6 Å². The lowest BCUT2D eigenvalue weighted by Crippen LogP contribution is -2.45. The first-order valence-electron chi connectivity index (χ1n) is 6.97. The minimum absolute atomic E-state index is 0.199. The number of hydrogen-bond acceptors (Lipinski definition) is 2. The maximum atomic E-state index is 13.1. The SMILES string of the molecule is Cc1ccc(S(=O)(=O)NC(CC#C[Si](C)(C)C)C(F)(F)F)cc1. The highest BCUT2D eigenvalue weighted by Crippen LogP contribution is 2.24. The maximum Gasteiger partial charge on any atom is 0.405 e. The number of halogens is 3. The van der Waals surface area contributed by atoms with Crippen molar-refractivity contribution >= 4 is 18.1 Å². The largest absolute Gasteiger partial charge is 0.405 e. The Kier molecular flexibility index (Phi) is 6.07. The van der Waals surface area contributed by atoms with Crippen molar-refractivity contribution in [3.05, 3.63) is 29.8 Å². The lowest BCUT2D eigenvalue weighted by molar-refractivity contribution is -0.150. The first-order valence-corrected chi connectivity index (χ1v) is 12.0. The summed E-state index contributed by atoms with van der Waals surface area (Å²) in [7, 11) is -6.07. The summed E-state index contributed by atoms with van der Waals surface area (Å²) in [4.78, 5) is -0.199. The van der Waals surface area contributed by atoms with Crippen LogP contribution in [0.3, 0.4) is 0 Å². The Morgan fingerprint density at radius 1 is 1.17 bits per heavy atom. The Morgan fingerprint density at radius 3 is 2.13 bits per heavy atom. The summed E-state index contributed by atoms with van der Waals surface area (Å²) < 4.78 is 65.1. The number of rotatable bonds is 4. The highest BCUT2D eigenvalue weighted by Gasteiger charge is 2.41. The molecule has 1 N–H and O–H groups in total. The Morgan fingerprint density at radius 2 is 1.70 bits per heavy atom. The average Bonchev–Trinajstić information content (AvgIpc) is 2.35. The van der Waals surface area contributed by atoms with Crippen LogP contribution in [0.15, 0.2) is 29.2 Å². The molecule has 1 unspecified atom stereocenters. The highest BCUT2D eigenvalue weighted by molar-refractivity contribution is 7.89. The number of aryl methyl sites for hydroxylation is 1. The molecule has 0 amide bonds. The smallest absolute Gasteiger partial charge is 0.207 e. The van der Waals surface area contributed by atoms with Gasteiger partial charge in [0.05, 0.1) is 4.90 Å². The second-order valence-corrected chi connectivity index (χ2v) is 12.7. The van der Waals surface area contributed by atoms with Gasteiger partial charge in [0.1, 0.15) is 14.1 Å². The van der Waals surface area contributed by atoms with E-state index in [1.807, 2.05) is 19.6 Å². The molecule has 1 aromatic rings. The third kappa shape index (κ3) is 6.77. The fraction of sp³-hybridized carbons (Fsp3) is 0.467. The quantitative estimate of drug-likeness (QED) is 0.658. The molecule has 0 aromatic heterocycles. The molecule has 128 valence electrons. The zero-order valence-electron chi connectivity index (χ0n) is 13.5. The van der Waals surface area contributed by atoms with E-state index in [4.69, 9.17) is 0 Å². The summed E-state index contributed by atoms with van der Waals surface area (Å²) in [6.07, 6.45) is -5.30. The van der Waals surface area contributed by atoms with Gasteiger partial charge in [-0.1, -0.05) is 37.3 Å². The van der Waals surface area contributed by atoms with E-state index in [9.17, 15) is 21.6 Å². The van der Waals surface area contributed by atoms with E-state index in [2.05, 4.69) is 11.5 Å². The van der Waals surface area contributed by atoms with Crippen LogP contribution in [0.1, 0.15) is 12.0 Å². The number of sulfonamides is 1. The van der Waals surface area contributed by atoms with Crippen molar-refractivity contribution in [1.29, 1.82) is 0 Å². The van der Waals surface area contributed by atoms with Gasteiger partial charge in [-0.3, -0.25) is 0 Å². The van der Waals surface area contributed by atoms with Crippen molar-refractivity contribution < 1.29 is 21.6 Å². The summed E-state index contributed by atoms with van der Waals surface area (Å²) in [5.74, 6) is 2.48. The second kappa shape index (κ2) is 7.07. The zero-order valence-corrected chi connectivity index (χ0v) is 15.3. The molecular weight excluding hydrogens is 343 g/mol. The number of hydrogen-bond donors (Lipinski definition) is 1. The van der Waals surface area contributed by atoms with Crippen molar-refractivity contribution in [3.63, 3.8) is 0 Å². The lowest BCUT2D eigenvalue weighted by atomic mass is 10.2. The Hall–Kier alpha value is -1.30. The highest BCUT2D eigenvalue weighted by atomic mass is 32.2. The molecular formula is C15H20F3NO2SSi. The molecule has 3 nitrogen and oxygen atoms in total. The van der Waals surface area contributed by atoms with E-state index in [0.29, 0.717) is 0 Å². The van der Waals surface area contributed by atoms with Crippen LogP contribution < -0.4 is 4.72 Å². The first kappa shape index (κ1) is 19.7. The molecule has 0 bridgehead atoms. The molecule has 0 aliphatic heterocycles. The molecule has 0 saturated carbocycles. The molecule has 0 aliphatic carbocycles. The van der Waals surface area contributed by atoms with Crippen molar-refractivity contribution in [3.8, 4) is 11.5 Å². The molecule has 1 atom stereocenters. The van der Waals surface area contributed by atoms with Gasteiger partial charge in [-0.2, -0.15) is 17.9 Å². The molecule has 1 rings (SSSR count). The molecule has 0 heterocycles. The minimum Gasteiger partial charge on any atom is -0.207 e. The van der Waals surface area contributed by atoms with Crippen LogP contribution in [0.4, 0.5) is 13.2 Å². The van der Waals surface area contributed by atoms with Crippen LogP contribution in [0.2, 0.25) is 19.6 Å². The predicted octanol–water partition coefficient (Wildman–Crippen LogP) is 3.48. The first-order chi connectivity index (χ1) is 10.3. The van der Waals surface area contributed by atoms with Gasteiger partial charge in [0.2, 0.25) is 10.0 Å². The van der Waals surface area contributed by atoms with Gasteiger partial charge >= 0.3 is 6.18 Å². The van der Waals surface area contributed by atoms with Crippen LogP contribution in [-0.2, 0) is 10.0 Å². The predicted molar refractivity (Wildman–Crippen MR) is 87.1 cm³/mol. The van der Waals surface area contributed by atoms with Crippen LogP contribution in [-0.4, -0.2) is 28.7 Å². The van der Waals surface area contributed by atoms with E-state index >= 15 is 0 Å². The van der Waals surface area contributed by atoms with E-state index in [0.717, 1.165) is 5.56 Å². The number of alkyl halides is 3. The van der Waals surface area contributed by atoms with Crippen LogP contribution >= 0.6 is 0 Å². The van der Waals surface area contributed by atoms with Gasteiger partial charge < -0.3 is 0 Å². The zero-order chi connectivity index (χ0) is 17.9. The molecule has 0 saturated heterocycles. The summed E-state index contributed by atoms with van der Waals surface area (Å²) in [5, 5.41) is 0. The lowest BCUT2D eigenvalue weighted by Gasteiger charge is -2.20. The monoisotopic (exact) mass is 363 g/mol. The maximum absolute atomic E-state index is 13.1. The van der Waals surface area contributed by atoms with Gasteiger partial charge in [0.15, 0.2) is 0 Å². The molecule has 0 fully saturated rings. The summed E-state index contributed by atoms with van der Waals surface area (Å²) in [6.45, 7) is 7.46. The third-order valence-corrected chi connectivity index (χ3v) is 5.21. The van der Waals surface area contributed by atoms with Crippen LogP contribution in [0.5, 0.6) is 0 Å². The molecule has 23 heavy (non-hydrogen) atoms. The standard InChI is InChI=1S/C15H20F3NO2SSi/c1-12-7-9-13(10-8-12)22(20,21)19-14(15(16,17)18)6-5-11-23(2,3)4/h7-10,14,19H,6H2,1-4H3. The molecule has 8 heteroatoms. The number of benzene rings is 1. The average molecular weight is 363 g/mol. The van der Waals surface area contributed by atoms with Crippen LogP contribution in [0, 0.1) is 18.4 Å². The van der Waals surface area contributed by atoms with Crippen molar-refractivity contribution in [1.82, 2.24) is 4.72 Å². The minimum atomic E-state index is -4.70. The van der Waals surface area contributed by atoms with E-state index in [-0.39, 0.29) is 4.90 Å². The second-order valence-electron chi connectivity index (χ2n) is 6.28. The summed E-state index contributed by atoms with van der Waals surface area (Å²) in [6, 6.07) is 3.39. The molecule has 1 aromatic carbocycles. The summed E-state index contributed by atoms with van der Waals surface area (Å²) in [5.41, 5.74) is 3.63.